The van der Waals surface area contributed by atoms with Crippen molar-refractivity contribution in [2.24, 2.45) is 0 Å². The molecule has 0 aliphatic carbocycles. The van der Waals surface area contributed by atoms with Gasteiger partial charge < -0.3 is 22.4 Å². The fourth-order valence-corrected chi connectivity index (χ4v) is 1.85. The summed E-state index contributed by atoms with van der Waals surface area (Å²) in [6.45, 7) is -4.30. The summed E-state index contributed by atoms with van der Waals surface area (Å²) in [5, 5.41) is 0. The summed E-state index contributed by atoms with van der Waals surface area (Å²) in [6, 6.07) is 2.31. The smallest absolute Gasteiger partial charge is 0.493 e. The average Bonchev–Trinajstić information content (AvgIpc) is 2.28. The van der Waals surface area contributed by atoms with Crippen LogP contribution >= 0.6 is 0 Å². The van der Waals surface area contributed by atoms with E-state index < -0.39 is 24.0 Å². The molecule has 1 heterocycles. The van der Waals surface area contributed by atoms with Crippen LogP contribution in [0.5, 0.6) is 5.75 Å². The van der Waals surface area contributed by atoms with Gasteiger partial charge in [0.05, 0.1) is 19.0 Å². The Morgan fingerprint density at radius 2 is 1.79 bits per heavy atom. The summed E-state index contributed by atoms with van der Waals surface area (Å²) in [7, 11) is 0. The first kappa shape index (κ1) is 17.5. The zero-order chi connectivity index (χ0) is 13.2. The SMILES string of the molecule is Fc1ccc([B-](F)(F)F)c(OC2CCOCC2)c1.[K+]. The van der Waals surface area contributed by atoms with Crippen LogP contribution in [-0.4, -0.2) is 26.3 Å². The minimum absolute atomic E-state index is 0. The minimum Gasteiger partial charge on any atom is -0.493 e. The number of ether oxygens (including phenoxy) is 2. The van der Waals surface area contributed by atoms with E-state index in [9.17, 15) is 17.3 Å². The monoisotopic (exact) mass is 302 g/mol. The van der Waals surface area contributed by atoms with Crippen LogP contribution in [0, 0.1) is 5.82 Å². The van der Waals surface area contributed by atoms with E-state index in [1.165, 1.54) is 0 Å². The molecule has 0 saturated carbocycles. The minimum atomic E-state index is -5.20. The first-order valence-corrected chi connectivity index (χ1v) is 5.70. The summed E-state index contributed by atoms with van der Waals surface area (Å²) >= 11 is 0. The molecule has 0 bridgehead atoms. The number of hydrogen-bond acceptors (Lipinski definition) is 2. The van der Waals surface area contributed by atoms with Crippen LogP contribution in [0.1, 0.15) is 12.8 Å². The fraction of sp³-hybridized carbons (Fsp3) is 0.455. The van der Waals surface area contributed by atoms with Gasteiger partial charge in [-0.3, -0.25) is 0 Å². The van der Waals surface area contributed by atoms with Gasteiger partial charge in [0.25, 0.3) is 0 Å². The second-order valence-corrected chi connectivity index (χ2v) is 4.19. The van der Waals surface area contributed by atoms with Crippen LogP contribution in [0.2, 0.25) is 0 Å². The number of benzene rings is 1. The van der Waals surface area contributed by atoms with Crippen molar-refractivity contribution in [2.75, 3.05) is 13.2 Å². The third-order valence-corrected chi connectivity index (χ3v) is 2.79. The van der Waals surface area contributed by atoms with E-state index in [1.54, 1.807) is 0 Å². The van der Waals surface area contributed by atoms with Crippen molar-refractivity contribution in [2.45, 2.75) is 18.9 Å². The van der Waals surface area contributed by atoms with Gasteiger partial charge in [-0.15, -0.1) is 0 Å². The molecule has 2 rings (SSSR count). The Labute approximate surface area is 151 Å². The molecule has 0 N–H and O–H groups in total. The van der Waals surface area contributed by atoms with Crippen molar-refractivity contribution in [3.63, 3.8) is 0 Å². The maximum atomic E-state index is 13.0. The van der Waals surface area contributed by atoms with Crippen LogP contribution in [0.4, 0.5) is 17.3 Å². The van der Waals surface area contributed by atoms with Crippen molar-refractivity contribution in [1.82, 2.24) is 0 Å². The third-order valence-electron chi connectivity index (χ3n) is 2.79. The Morgan fingerprint density at radius 1 is 1.16 bits per heavy atom. The topological polar surface area (TPSA) is 18.5 Å². The normalized spacial score (nSPS) is 16.8. The van der Waals surface area contributed by atoms with Crippen molar-refractivity contribution in [3.8, 4) is 5.75 Å². The van der Waals surface area contributed by atoms with E-state index in [1.807, 2.05) is 0 Å². The Bertz CT molecular complexity index is 422. The van der Waals surface area contributed by atoms with E-state index in [-0.39, 0.29) is 57.5 Å². The number of hydrogen-bond donors (Lipinski definition) is 0. The summed E-state index contributed by atoms with van der Waals surface area (Å²) in [6.07, 6.45) is 0.680. The van der Waals surface area contributed by atoms with Gasteiger partial charge in [-0.2, -0.15) is 0 Å². The predicted molar refractivity (Wildman–Crippen MR) is 59.6 cm³/mol. The predicted octanol–water partition coefficient (Wildman–Crippen LogP) is -0.558. The summed E-state index contributed by atoms with van der Waals surface area (Å²) in [4.78, 5) is 0. The van der Waals surface area contributed by atoms with Gasteiger partial charge in [0.2, 0.25) is 0 Å². The van der Waals surface area contributed by atoms with Crippen molar-refractivity contribution >= 4 is 12.4 Å². The van der Waals surface area contributed by atoms with E-state index in [2.05, 4.69) is 0 Å². The summed E-state index contributed by atoms with van der Waals surface area (Å²) in [5.74, 6) is -1.16. The van der Waals surface area contributed by atoms with Gasteiger partial charge in [0.1, 0.15) is 11.9 Å². The van der Waals surface area contributed by atoms with Gasteiger partial charge in [-0.25, -0.2) is 4.39 Å². The van der Waals surface area contributed by atoms with Crippen molar-refractivity contribution in [1.29, 1.82) is 0 Å². The van der Waals surface area contributed by atoms with Crippen LogP contribution in [0.25, 0.3) is 0 Å². The van der Waals surface area contributed by atoms with Gasteiger partial charge in [0.15, 0.2) is 0 Å². The molecule has 0 amide bonds. The molecule has 0 atom stereocenters. The molecule has 0 spiro atoms. The molecular weight excluding hydrogens is 290 g/mol. The van der Waals surface area contributed by atoms with E-state index in [0.717, 1.165) is 18.2 Å². The van der Waals surface area contributed by atoms with Crippen LogP contribution < -0.4 is 61.6 Å². The third kappa shape index (κ3) is 5.02. The molecule has 19 heavy (non-hydrogen) atoms. The average molecular weight is 302 g/mol. The van der Waals surface area contributed by atoms with E-state index in [4.69, 9.17) is 9.47 Å². The molecule has 1 aliphatic rings. The maximum Gasteiger partial charge on any atom is 1.00 e. The van der Waals surface area contributed by atoms with Crippen LogP contribution in [0.15, 0.2) is 18.2 Å². The maximum absolute atomic E-state index is 13.0. The second kappa shape index (κ2) is 7.42. The first-order chi connectivity index (χ1) is 8.47. The molecule has 1 aliphatic heterocycles. The summed E-state index contributed by atoms with van der Waals surface area (Å²) in [5.41, 5.74) is -0.886. The molecule has 0 unspecified atom stereocenters. The molecule has 1 fully saturated rings. The van der Waals surface area contributed by atoms with Gasteiger partial charge in [-0.05, 0) is 6.07 Å². The van der Waals surface area contributed by atoms with Crippen LogP contribution in [0.3, 0.4) is 0 Å². The standard InChI is InChI=1S/C11H12BF4O2.K/c13-8-1-2-10(12(14,15)16)11(7-8)18-9-3-5-17-6-4-9;/h1-2,7,9H,3-6H2;/q-1;+1. The summed E-state index contributed by atoms with van der Waals surface area (Å²) < 4.78 is 61.7. The Balaban J connectivity index is 0.00000180. The number of halogens is 4. The number of rotatable bonds is 3. The van der Waals surface area contributed by atoms with Gasteiger partial charge in [-0.1, -0.05) is 11.5 Å². The van der Waals surface area contributed by atoms with E-state index >= 15 is 0 Å². The molecule has 1 aromatic rings. The molecular formula is C11H12BF4KO2. The van der Waals surface area contributed by atoms with Gasteiger partial charge in [0, 0.05) is 18.9 Å². The van der Waals surface area contributed by atoms with Gasteiger partial charge >= 0.3 is 58.4 Å². The second-order valence-electron chi connectivity index (χ2n) is 4.19. The molecule has 0 radical (unpaired) electrons. The Kier molecular flexibility index (Phi) is 6.82. The van der Waals surface area contributed by atoms with Crippen LogP contribution in [-0.2, 0) is 4.74 Å². The molecule has 100 valence electrons. The molecule has 2 nitrogen and oxygen atoms in total. The molecule has 1 aromatic carbocycles. The Hall–Kier alpha value is 0.401. The zero-order valence-corrected chi connectivity index (χ0v) is 13.7. The zero-order valence-electron chi connectivity index (χ0n) is 10.5. The van der Waals surface area contributed by atoms with Crippen molar-refractivity contribution < 1.29 is 78.2 Å². The molecule has 1 saturated heterocycles. The van der Waals surface area contributed by atoms with E-state index in [0.29, 0.717) is 26.1 Å². The fourth-order valence-electron chi connectivity index (χ4n) is 1.85. The largest absolute Gasteiger partial charge is 1.00 e. The first-order valence-electron chi connectivity index (χ1n) is 5.70. The van der Waals surface area contributed by atoms with Crippen molar-refractivity contribution in [3.05, 3.63) is 24.0 Å². The Morgan fingerprint density at radius 3 is 2.37 bits per heavy atom. The molecule has 0 aromatic heterocycles. The molecule has 8 heteroatoms. The quantitative estimate of drug-likeness (QED) is 0.551.